The first kappa shape index (κ1) is 17.4. The molecule has 6 nitrogen and oxygen atoms in total. The molecule has 2 aromatic carbocycles. The number of anilines is 2. The summed E-state index contributed by atoms with van der Waals surface area (Å²) in [6.07, 6.45) is 0. The molecular formula is C20H16ClN3O3. The van der Waals surface area contributed by atoms with E-state index in [1.807, 2.05) is 31.2 Å². The molecule has 2 aliphatic rings. The van der Waals surface area contributed by atoms with E-state index < -0.39 is 23.8 Å². The smallest absolute Gasteiger partial charge is 0.259 e. The van der Waals surface area contributed by atoms with Crippen LogP contribution in [0.5, 0.6) is 0 Å². The summed E-state index contributed by atoms with van der Waals surface area (Å²) in [5, 5.41) is 6.14. The summed E-state index contributed by atoms with van der Waals surface area (Å²) in [6.45, 7) is 3.24. The second-order valence-electron chi connectivity index (χ2n) is 6.56. The van der Waals surface area contributed by atoms with Crippen molar-refractivity contribution in [1.82, 2.24) is 0 Å². The second kappa shape index (κ2) is 6.32. The highest BCUT2D eigenvalue weighted by molar-refractivity contribution is 6.49. The molecule has 1 fully saturated rings. The molecule has 2 aliphatic heterocycles. The van der Waals surface area contributed by atoms with Crippen LogP contribution in [0.1, 0.15) is 12.5 Å². The third kappa shape index (κ3) is 2.56. The van der Waals surface area contributed by atoms with Crippen LogP contribution in [0.3, 0.4) is 0 Å². The molecule has 2 aromatic rings. The van der Waals surface area contributed by atoms with Crippen LogP contribution in [0, 0.1) is 12.8 Å². The number of carbonyl (C=O) groups excluding carboxylic acids is 3. The molecule has 2 amide bonds. The van der Waals surface area contributed by atoms with Crippen LogP contribution in [0.15, 0.2) is 53.6 Å². The Morgan fingerprint density at radius 1 is 1.00 bits per heavy atom. The zero-order valence-electron chi connectivity index (χ0n) is 14.7. The number of imide groups is 1. The number of para-hydroxylation sites is 2. The van der Waals surface area contributed by atoms with Gasteiger partial charge in [-0.15, -0.1) is 0 Å². The van der Waals surface area contributed by atoms with Gasteiger partial charge in [-0.1, -0.05) is 41.9 Å². The molecule has 2 heterocycles. The lowest BCUT2D eigenvalue weighted by Crippen LogP contribution is -2.39. The number of carbonyl (C=O) groups is 3. The fraction of sp³-hybridized carbons (Fsp3) is 0.200. The third-order valence-electron chi connectivity index (χ3n) is 4.87. The highest BCUT2D eigenvalue weighted by Gasteiger charge is 2.58. The number of hydrogen-bond acceptors (Lipinski definition) is 5. The predicted octanol–water partition coefficient (Wildman–Crippen LogP) is 2.97. The van der Waals surface area contributed by atoms with E-state index >= 15 is 0 Å². The van der Waals surface area contributed by atoms with Gasteiger partial charge in [0.2, 0.25) is 5.91 Å². The highest BCUT2D eigenvalue weighted by atomic mass is 35.5. The minimum atomic E-state index is -0.939. The van der Waals surface area contributed by atoms with Gasteiger partial charge in [-0.05, 0) is 30.7 Å². The molecular weight excluding hydrogens is 366 g/mol. The molecule has 7 heteroatoms. The number of benzene rings is 2. The molecule has 0 radical (unpaired) electrons. The first-order chi connectivity index (χ1) is 12.9. The van der Waals surface area contributed by atoms with E-state index in [4.69, 9.17) is 11.6 Å². The summed E-state index contributed by atoms with van der Waals surface area (Å²) in [4.78, 5) is 39.6. The van der Waals surface area contributed by atoms with Gasteiger partial charge in [-0.3, -0.25) is 19.4 Å². The second-order valence-corrected chi connectivity index (χ2v) is 6.97. The zero-order valence-corrected chi connectivity index (χ0v) is 15.5. The number of halogens is 1. The van der Waals surface area contributed by atoms with E-state index in [1.165, 1.54) is 11.9 Å². The van der Waals surface area contributed by atoms with Gasteiger partial charge in [0, 0.05) is 6.92 Å². The molecule has 1 saturated heterocycles. The minimum absolute atomic E-state index is 0.0937. The molecule has 0 aliphatic carbocycles. The molecule has 0 unspecified atom stereocenters. The standard InChI is InChI=1S/C20H16ClN3O3/c1-11-7-3-5-9-14(11)24-18-16(17(22-24)12(2)25)19(26)23(20(18)27)15-10-6-4-8-13(15)21/h3-10,16,18H,1-2H3/t16-,18-/m1/s1. The maximum Gasteiger partial charge on any atom is 0.259 e. The van der Waals surface area contributed by atoms with Crippen molar-refractivity contribution in [3.63, 3.8) is 0 Å². The Morgan fingerprint density at radius 3 is 2.26 bits per heavy atom. The van der Waals surface area contributed by atoms with Crippen LogP contribution in [0.4, 0.5) is 11.4 Å². The molecule has 0 spiro atoms. The van der Waals surface area contributed by atoms with Crippen LogP contribution >= 0.6 is 11.6 Å². The average molecular weight is 382 g/mol. The van der Waals surface area contributed by atoms with E-state index in [1.54, 1.807) is 24.3 Å². The molecule has 0 N–H and O–H groups in total. The lowest BCUT2D eigenvalue weighted by Gasteiger charge is -2.23. The average Bonchev–Trinajstić information content (AvgIpc) is 3.14. The van der Waals surface area contributed by atoms with Crippen molar-refractivity contribution < 1.29 is 14.4 Å². The lowest BCUT2D eigenvalue weighted by molar-refractivity contribution is -0.122. The van der Waals surface area contributed by atoms with E-state index in [0.717, 1.165) is 10.5 Å². The molecule has 0 saturated carbocycles. The third-order valence-corrected chi connectivity index (χ3v) is 5.19. The van der Waals surface area contributed by atoms with Crippen molar-refractivity contribution >= 4 is 46.3 Å². The summed E-state index contributed by atoms with van der Waals surface area (Å²) in [7, 11) is 0. The fourth-order valence-electron chi connectivity index (χ4n) is 3.59. The fourth-order valence-corrected chi connectivity index (χ4v) is 3.81. The highest BCUT2D eigenvalue weighted by Crippen LogP contribution is 2.40. The Morgan fingerprint density at radius 2 is 1.63 bits per heavy atom. The lowest BCUT2D eigenvalue weighted by atomic mass is 9.95. The molecule has 4 rings (SSSR count). The number of hydrazone groups is 1. The summed E-state index contributed by atoms with van der Waals surface area (Å²) in [5.74, 6) is -2.20. The maximum absolute atomic E-state index is 13.2. The zero-order chi connectivity index (χ0) is 19.3. The van der Waals surface area contributed by atoms with Gasteiger partial charge in [0.25, 0.3) is 5.91 Å². The molecule has 27 heavy (non-hydrogen) atoms. The predicted molar refractivity (Wildman–Crippen MR) is 103 cm³/mol. The Balaban J connectivity index is 1.85. The minimum Gasteiger partial charge on any atom is -0.293 e. The van der Waals surface area contributed by atoms with Crippen molar-refractivity contribution in [2.24, 2.45) is 11.0 Å². The first-order valence-electron chi connectivity index (χ1n) is 8.48. The number of hydrogen-bond donors (Lipinski definition) is 0. The van der Waals surface area contributed by atoms with Crippen molar-refractivity contribution in [2.75, 3.05) is 9.91 Å². The molecule has 136 valence electrons. The van der Waals surface area contributed by atoms with Crippen molar-refractivity contribution in [3.05, 3.63) is 59.1 Å². The van der Waals surface area contributed by atoms with E-state index in [9.17, 15) is 14.4 Å². The van der Waals surface area contributed by atoms with Gasteiger partial charge in [0.1, 0.15) is 17.7 Å². The van der Waals surface area contributed by atoms with Gasteiger partial charge < -0.3 is 0 Å². The maximum atomic E-state index is 13.2. The normalized spacial score (nSPS) is 21.5. The van der Waals surface area contributed by atoms with Gasteiger partial charge in [-0.2, -0.15) is 5.10 Å². The Bertz CT molecular complexity index is 1020. The number of ketones is 1. The van der Waals surface area contributed by atoms with Crippen LogP contribution < -0.4 is 9.91 Å². The Labute approximate surface area is 161 Å². The van der Waals surface area contributed by atoms with Crippen molar-refractivity contribution in [3.8, 4) is 0 Å². The largest absolute Gasteiger partial charge is 0.293 e. The molecule has 2 atom stereocenters. The number of amides is 2. The van der Waals surface area contributed by atoms with Crippen molar-refractivity contribution in [1.29, 1.82) is 0 Å². The van der Waals surface area contributed by atoms with Gasteiger partial charge in [0.05, 0.1) is 16.4 Å². The van der Waals surface area contributed by atoms with Gasteiger partial charge in [-0.25, -0.2) is 4.90 Å². The van der Waals surface area contributed by atoms with Crippen LogP contribution in [0.2, 0.25) is 5.02 Å². The number of nitrogens with zero attached hydrogens (tertiary/aromatic N) is 3. The molecule has 0 aromatic heterocycles. The number of aryl methyl sites for hydroxylation is 1. The SMILES string of the molecule is CC(=O)C1=NN(c2ccccc2C)[C@H]2C(=O)N(c3ccccc3Cl)C(=O)[C@H]12. The molecule has 0 bridgehead atoms. The van der Waals surface area contributed by atoms with E-state index in [0.29, 0.717) is 16.4 Å². The number of fused-ring (bicyclic) bond motifs is 1. The summed E-state index contributed by atoms with van der Waals surface area (Å²) in [6, 6.07) is 13.2. The van der Waals surface area contributed by atoms with Crippen molar-refractivity contribution in [2.45, 2.75) is 19.9 Å². The van der Waals surface area contributed by atoms with E-state index in [-0.39, 0.29) is 11.5 Å². The Hall–Kier alpha value is -2.99. The summed E-state index contributed by atoms with van der Waals surface area (Å²) < 4.78 is 0. The van der Waals surface area contributed by atoms with E-state index in [2.05, 4.69) is 5.10 Å². The van der Waals surface area contributed by atoms with Crippen LogP contribution in [-0.2, 0) is 14.4 Å². The van der Waals surface area contributed by atoms with Gasteiger partial charge in [0.15, 0.2) is 5.78 Å². The topological polar surface area (TPSA) is 70.1 Å². The number of Topliss-reactive ketones (excluding diaryl/α,β-unsaturated/α-hetero) is 1. The van der Waals surface area contributed by atoms with Crippen LogP contribution in [-0.4, -0.2) is 29.4 Å². The van der Waals surface area contributed by atoms with Gasteiger partial charge >= 0.3 is 0 Å². The first-order valence-corrected chi connectivity index (χ1v) is 8.86. The quantitative estimate of drug-likeness (QED) is 0.766. The monoisotopic (exact) mass is 381 g/mol. The summed E-state index contributed by atoms with van der Waals surface area (Å²) >= 11 is 6.21. The van der Waals surface area contributed by atoms with Crippen LogP contribution in [0.25, 0.3) is 0 Å². The Kier molecular flexibility index (Phi) is 4.08. The summed E-state index contributed by atoms with van der Waals surface area (Å²) in [5.41, 5.74) is 1.99. The number of rotatable bonds is 3.